The van der Waals surface area contributed by atoms with Gasteiger partial charge in [-0.2, -0.15) is 13.2 Å². The van der Waals surface area contributed by atoms with Crippen molar-refractivity contribution >= 4 is 47.5 Å². The first-order valence-corrected chi connectivity index (χ1v) is 12.6. The van der Waals surface area contributed by atoms with Crippen LogP contribution in [-0.2, 0) is 17.5 Å². The van der Waals surface area contributed by atoms with Gasteiger partial charge in [0.05, 0.1) is 30.9 Å². The predicted octanol–water partition coefficient (Wildman–Crippen LogP) is 7.27. The number of alkyl halides is 3. The zero-order chi connectivity index (χ0) is 23.8. The molecule has 0 spiro atoms. The molecule has 1 aliphatic heterocycles. The van der Waals surface area contributed by atoms with Crippen LogP contribution in [0.5, 0.6) is 5.75 Å². The van der Waals surface area contributed by atoms with Gasteiger partial charge in [-0.1, -0.05) is 18.2 Å². The van der Waals surface area contributed by atoms with Crippen LogP contribution in [0.3, 0.4) is 0 Å². The van der Waals surface area contributed by atoms with E-state index in [9.17, 15) is 13.2 Å². The molecule has 10 heteroatoms. The Morgan fingerprint density at radius 1 is 0.944 bits per heavy atom. The number of benzene rings is 2. The second-order valence-electron chi connectivity index (χ2n) is 8.33. The number of ether oxygens (including phenoxy) is 2. The van der Waals surface area contributed by atoms with Crippen molar-refractivity contribution in [1.29, 1.82) is 0 Å². The highest BCUT2D eigenvalue weighted by Crippen LogP contribution is 2.34. The van der Waals surface area contributed by atoms with Gasteiger partial charge in [0.15, 0.2) is 0 Å². The van der Waals surface area contributed by atoms with Crippen LogP contribution in [0, 0.1) is 0 Å². The number of hydrogen-bond acceptors (Lipinski definition) is 5. The molecule has 0 amide bonds. The molecule has 36 heavy (non-hydrogen) atoms. The number of nitrogens with zero attached hydrogens (tertiary/aromatic N) is 2. The Kier molecular flexibility index (Phi) is 12.6. The molecule has 0 bridgehead atoms. The maximum Gasteiger partial charge on any atom is 0.416 e. The molecule has 0 saturated carbocycles. The number of hydrogen-bond donors (Lipinski definition) is 0. The molecule has 0 N–H and O–H groups in total. The van der Waals surface area contributed by atoms with Crippen LogP contribution < -0.4 is 4.74 Å². The molecule has 198 valence electrons. The molecule has 2 heterocycles. The number of rotatable bonds is 10. The summed E-state index contributed by atoms with van der Waals surface area (Å²) < 4.78 is 50.1. The fourth-order valence-corrected chi connectivity index (χ4v) is 4.94. The molecule has 4 rings (SSSR count). The first-order valence-electron chi connectivity index (χ1n) is 11.6. The van der Waals surface area contributed by atoms with Crippen molar-refractivity contribution in [2.75, 3.05) is 38.7 Å². The average molecular weight is 564 g/mol. The molecule has 0 radical (unpaired) electrons. The number of morpholine rings is 1. The van der Waals surface area contributed by atoms with E-state index in [1.807, 2.05) is 18.2 Å². The van der Waals surface area contributed by atoms with Crippen molar-refractivity contribution in [1.82, 2.24) is 9.88 Å². The van der Waals surface area contributed by atoms with Gasteiger partial charge in [-0.3, -0.25) is 9.88 Å². The third kappa shape index (κ3) is 8.99. The summed E-state index contributed by atoms with van der Waals surface area (Å²) in [6.07, 6.45) is 0.222. The number of unbranched alkanes of at least 4 members (excludes halogenated alkanes) is 2. The highest BCUT2D eigenvalue weighted by molar-refractivity contribution is 7.99. The van der Waals surface area contributed by atoms with Crippen molar-refractivity contribution in [2.24, 2.45) is 0 Å². The molecule has 3 aromatic rings. The van der Waals surface area contributed by atoms with Crippen LogP contribution in [0.2, 0.25) is 0 Å². The molecule has 0 unspecified atom stereocenters. The molecule has 1 aliphatic rings. The van der Waals surface area contributed by atoms with Gasteiger partial charge in [-0.25, -0.2) is 0 Å². The van der Waals surface area contributed by atoms with E-state index in [-0.39, 0.29) is 24.8 Å². The third-order valence-corrected chi connectivity index (χ3v) is 6.94. The van der Waals surface area contributed by atoms with Crippen LogP contribution in [0.4, 0.5) is 13.2 Å². The standard InChI is InChI=1S/C26H29F3N2O2S.2ClH/c27-26(28,29)21-6-9-23-24(18-21)30-11-10-25(23)34-17-3-1-2-14-33-22-7-4-20(5-8-22)19-31-12-15-32-16-13-31;;/h4-11,18H,1-3,12-17,19H2;2*1H. The minimum atomic E-state index is -4.36. The van der Waals surface area contributed by atoms with Gasteiger partial charge in [0.1, 0.15) is 5.75 Å². The molecule has 0 atom stereocenters. The zero-order valence-corrected chi connectivity index (χ0v) is 22.3. The van der Waals surface area contributed by atoms with Crippen LogP contribution in [-0.4, -0.2) is 48.5 Å². The van der Waals surface area contributed by atoms with Crippen molar-refractivity contribution in [3.63, 3.8) is 0 Å². The molecule has 1 saturated heterocycles. The molecule has 1 aromatic heterocycles. The lowest BCUT2D eigenvalue weighted by Crippen LogP contribution is -2.35. The van der Waals surface area contributed by atoms with E-state index >= 15 is 0 Å². The summed E-state index contributed by atoms with van der Waals surface area (Å²) in [5.41, 5.74) is 0.995. The van der Waals surface area contributed by atoms with Crippen molar-refractivity contribution < 1.29 is 22.6 Å². The topological polar surface area (TPSA) is 34.6 Å². The Morgan fingerprint density at radius 3 is 2.42 bits per heavy atom. The minimum absolute atomic E-state index is 0. The third-order valence-electron chi connectivity index (χ3n) is 5.78. The second kappa shape index (κ2) is 14.9. The van der Waals surface area contributed by atoms with E-state index in [0.29, 0.717) is 12.1 Å². The predicted molar refractivity (Wildman–Crippen MR) is 144 cm³/mol. The summed E-state index contributed by atoms with van der Waals surface area (Å²) in [5, 5.41) is 0.765. The quantitative estimate of drug-likeness (QED) is 0.192. The first-order chi connectivity index (χ1) is 16.5. The second-order valence-corrected chi connectivity index (χ2v) is 9.47. The van der Waals surface area contributed by atoms with Crippen molar-refractivity contribution in [2.45, 2.75) is 36.9 Å². The Bertz CT molecular complexity index is 1070. The van der Waals surface area contributed by atoms with Crippen molar-refractivity contribution in [3.05, 3.63) is 65.9 Å². The van der Waals surface area contributed by atoms with Gasteiger partial charge in [0.2, 0.25) is 0 Å². The lowest BCUT2D eigenvalue weighted by Gasteiger charge is -2.26. The number of thioether (sulfide) groups is 1. The lowest BCUT2D eigenvalue weighted by atomic mass is 10.1. The minimum Gasteiger partial charge on any atom is -0.494 e. The smallest absolute Gasteiger partial charge is 0.416 e. The number of fused-ring (bicyclic) bond motifs is 1. The molecule has 0 aliphatic carbocycles. The molecular weight excluding hydrogens is 532 g/mol. The van der Waals surface area contributed by atoms with E-state index in [4.69, 9.17) is 9.47 Å². The Balaban J connectivity index is 0.00000228. The van der Waals surface area contributed by atoms with Gasteiger partial charge >= 0.3 is 6.18 Å². The maximum atomic E-state index is 12.9. The van der Waals surface area contributed by atoms with Crippen LogP contribution in [0.15, 0.2) is 59.6 Å². The molecule has 1 fully saturated rings. The Hall–Kier alpha value is -1.71. The maximum absolute atomic E-state index is 12.9. The van der Waals surface area contributed by atoms with Crippen LogP contribution >= 0.6 is 36.6 Å². The monoisotopic (exact) mass is 562 g/mol. The highest BCUT2D eigenvalue weighted by Gasteiger charge is 2.30. The van der Waals surface area contributed by atoms with E-state index in [2.05, 4.69) is 22.0 Å². The fourth-order valence-electron chi connectivity index (χ4n) is 3.89. The first kappa shape index (κ1) is 30.5. The lowest BCUT2D eigenvalue weighted by molar-refractivity contribution is -0.137. The summed E-state index contributed by atoms with van der Waals surface area (Å²) in [5.74, 6) is 1.79. The van der Waals surface area contributed by atoms with Crippen molar-refractivity contribution in [3.8, 4) is 5.75 Å². The highest BCUT2D eigenvalue weighted by atomic mass is 35.5. The normalized spacial score (nSPS) is 14.2. The molecular formula is C26H31Cl2F3N2O2S. The van der Waals surface area contributed by atoms with E-state index in [0.717, 1.165) is 86.0 Å². The summed E-state index contributed by atoms with van der Waals surface area (Å²) in [6.45, 7) is 5.19. The van der Waals surface area contributed by atoms with Crippen LogP contribution in [0.25, 0.3) is 10.9 Å². The summed E-state index contributed by atoms with van der Waals surface area (Å²) in [7, 11) is 0. The van der Waals surface area contributed by atoms with Gasteiger partial charge in [-0.05, 0) is 60.9 Å². The van der Waals surface area contributed by atoms with Crippen LogP contribution in [0.1, 0.15) is 30.4 Å². The fraction of sp³-hybridized carbons (Fsp3) is 0.423. The van der Waals surface area contributed by atoms with Gasteiger partial charge in [0, 0.05) is 36.1 Å². The van der Waals surface area contributed by atoms with E-state index < -0.39 is 11.7 Å². The van der Waals surface area contributed by atoms with E-state index in [1.54, 1.807) is 18.0 Å². The summed E-state index contributed by atoms with van der Waals surface area (Å²) in [4.78, 5) is 7.47. The van der Waals surface area contributed by atoms with Gasteiger partial charge < -0.3 is 9.47 Å². The molecule has 4 nitrogen and oxygen atoms in total. The summed E-state index contributed by atoms with van der Waals surface area (Å²) in [6, 6.07) is 13.9. The Morgan fingerprint density at radius 2 is 1.69 bits per heavy atom. The Labute approximate surface area is 226 Å². The largest absolute Gasteiger partial charge is 0.494 e. The van der Waals surface area contributed by atoms with E-state index in [1.165, 1.54) is 11.6 Å². The summed E-state index contributed by atoms with van der Waals surface area (Å²) >= 11 is 1.66. The van der Waals surface area contributed by atoms with Gasteiger partial charge in [0.25, 0.3) is 0 Å². The SMILES string of the molecule is Cl.Cl.FC(F)(F)c1ccc2c(SCCCCCOc3ccc(CN4CCOCC4)cc3)ccnc2c1. The molecule has 2 aromatic carbocycles. The van der Waals surface area contributed by atoms with Gasteiger partial charge in [-0.15, -0.1) is 36.6 Å². The number of halogens is 5. The zero-order valence-electron chi connectivity index (χ0n) is 19.8. The number of pyridine rings is 1. The number of aromatic nitrogens is 1. The average Bonchev–Trinajstić information content (AvgIpc) is 2.84.